The van der Waals surface area contributed by atoms with Crippen molar-refractivity contribution in [2.24, 2.45) is 13.0 Å². The molecule has 2 heterocycles. The molecule has 0 bridgehead atoms. The van der Waals surface area contributed by atoms with Gasteiger partial charge >= 0.3 is 0 Å². The van der Waals surface area contributed by atoms with E-state index in [1.165, 1.54) is 28.2 Å². The summed E-state index contributed by atoms with van der Waals surface area (Å²) in [5.41, 5.74) is 0.280. The first-order valence-electron chi connectivity index (χ1n) is 6.84. The fraction of sp³-hybridized carbons (Fsp3) is 0.615. The Labute approximate surface area is 124 Å². The van der Waals surface area contributed by atoms with E-state index in [-0.39, 0.29) is 29.0 Å². The van der Waals surface area contributed by atoms with Crippen LogP contribution in [0.4, 0.5) is 0 Å². The average molecular weight is 315 g/mol. The van der Waals surface area contributed by atoms with E-state index in [2.05, 4.69) is 5.32 Å². The molecule has 2 unspecified atom stereocenters. The van der Waals surface area contributed by atoms with Gasteiger partial charge < -0.3 is 15.0 Å². The summed E-state index contributed by atoms with van der Waals surface area (Å²) in [5.74, 6) is -0.250. The van der Waals surface area contributed by atoms with Crippen LogP contribution in [0.2, 0.25) is 0 Å². The van der Waals surface area contributed by atoms with Crippen molar-refractivity contribution in [3.05, 3.63) is 18.0 Å². The summed E-state index contributed by atoms with van der Waals surface area (Å²) in [4.78, 5) is 11.7. The van der Waals surface area contributed by atoms with E-state index in [0.717, 1.165) is 0 Å². The molecule has 1 fully saturated rings. The number of nitrogens with zero attached hydrogens (tertiary/aromatic N) is 2. The molecular formula is C13H21N3O4S. The van der Waals surface area contributed by atoms with Crippen LogP contribution >= 0.6 is 0 Å². The molecule has 0 aromatic carbocycles. The van der Waals surface area contributed by atoms with Gasteiger partial charge in [0, 0.05) is 33.4 Å². The molecular weight excluding hydrogens is 294 g/mol. The van der Waals surface area contributed by atoms with E-state index >= 15 is 0 Å². The third-order valence-corrected chi connectivity index (χ3v) is 5.79. The van der Waals surface area contributed by atoms with E-state index in [1.54, 1.807) is 7.05 Å². The van der Waals surface area contributed by atoms with Crippen LogP contribution in [0.15, 0.2) is 17.2 Å². The average Bonchev–Trinajstić information content (AvgIpc) is 2.83. The first kappa shape index (κ1) is 16.0. The second-order valence-corrected chi connectivity index (χ2v) is 7.39. The fourth-order valence-electron chi connectivity index (χ4n) is 2.42. The summed E-state index contributed by atoms with van der Waals surface area (Å²) in [5, 5.41) is 12.3. The minimum absolute atomic E-state index is 0.0744. The molecule has 2 rings (SSSR count). The van der Waals surface area contributed by atoms with Crippen molar-refractivity contribution in [2.75, 3.05) is 20.1 Å². The number of aliphatic hydroxyl groups excluding tert-OH is 1. The van der Waals surface area contributed by atoms with Crippen molar-refractivity contribution >= 4 is 15.9 Å². The monoisotopic (exact) mass is 315 g/mol. The quantitative estimate of drug-likeness (QED) is 0.806. The van der Waals surface area contributed by atoms with Crippen molar-refractivity contribution in [3.63, 3.8) is 0 Å². The third-order valence-electron chi connectivity index (χ3n) is 3.96. The van der Waals surface area contributed by atoms with Gasteiger partial charge in [-0.15, -0.1) is 0 Å². The van der Waals surface area contributed by atoms with Gasteiger partial charge in [0.2, 0.25) is 10.0 Å². The number of amides is 1. The van der Waals surface area contributed by atoms with Crippen molar-refractivity contribution in [3.8, 4) is 0 Å². The number of aromatic nitrogens is 1. The number of hydrogen-bond acceptors (Lipinski definition) is 4. The predicted octanol–water partition coefficient (Wildman–Crippen LogP) is -0.224. The van der Waals surface area contributed by atoms with Gasteiger partial charge in [-0.2, -0.15) is 4.31 Å². The van der Waals surface area contributed by atoms with Gasteiger partial charge in [0.1, 0.15) is 10.6 Å². The van der Waals surface area contributed by atoms with Gasteiger partial charge in [0.15, 0.2) is 0 Å². The number of carbonyl (C=O) groups excluding carboxylic acids is 1. The summed E-state index contributed by atoms with van der Waals surface area (Å²) in [6.07, 6.45) is 1.38. The van der Waals surface area contributed by atoms with Gasteiger partial charge in [0.05, 0.1) is 6.10 Å². The second-order valence-electron chi connectivity index (χ2n) is 5.45. The van der Waals surface area contributed by atoms with Crippen LogP contribution < -0.4 is 5.32 Å². The summed E-state index contributed by atoms with van der Waals surface area (Å²) >= 11 is 0. The zero-order valence-electron chi connectivity index (χ0n) is 12.4. The van der Waals surface area contributed by atoms with Gasteiger partial charge in [-0.1, -0.05) is 6.92 Å². The minimum Gasteiger partial charge on any atom is -0.391 e. The molecule has 7 nitrogen and oxygen atoms in total. The van der Waals surface area contributed by atoms with Gasteiger partial charge in [-0.05, 0) is 18.4 Å². The number of carbonyl (C=O) groups is 1. The number of hydrogen-bond donors (Lipinski definition) is 2. The molecule has 1 aromatic heterocycles. The Morgan fingerprint density at radius 3 is 2.71 bits per heavy atom. The van der Waals surface area contributed by atoms with Crippen LogP contribution in [0.3, 0.4) is 0 Å². The summed E-state index contributed by atoms with van der Waals surface area (Å²) in [6.45, 7) is 2.37. The third kappa shape index (κ3) is 2.97. The first-order valence-corrected chi connectivity index (χ1v) is 8.28. The number of piperidine rings is 1. The molecule has 0 radical (unpaired) electrons. The molecule has 1 aliphatic rings. The Bertz CT molecular complexity index is 638. The minimum atomic E-state index is -3.69. The van der Waals surface area contributed by atoms with Crippen LogP contribution in [0.1, 0.15) is 23.8 Å². The van der Waals surface area contributed by atoms with E-state index in [9.17, 15) is 18.3 Å². The van der Waals surface area contributed by atoms with E-state index < -0.39 is 16.1 Å². The lowest BCUT2D eigenvalue weighted by atomic mass is 9.98. The highest BCUT2D eigenvalue weighted by Crippen LogP contribution is 2.24. The van der Waals surface area contributed by atoms with Crippen molar-refractivity contribution in [1.29, 1.82) is 0 Å². The zero-order chi connectivity index (χ0) is 15.8. The molecule has 0 saturated carbocycles. The number of rotatable bonds is 3. The Morgan fingerprint density at radius 2 is 2.14 bits per heavy atom. The van der Waals surface area contributed by atoms with Crippen molar-refractivity contribution < 1.29 is 18.3 Å². The van der Waals surface area contributed by atoms with E-state index in [0.29, 0.717) is 13.0 Å². The lowest BCUT2D eigenvalue weighted by molar-refractivity contribution is 0.0605. The molecule has 118 valence electrons. The number of nitrogens with one attached hydrogen (secondary N) is 1. The van der Waals surface area contributed by atoms with E-state index in [4.69, 9.17) is 0 Å². The molecule has 1 aromatic rings. The number of aryl methyl sites for hydroxylation is 1. The summed E-state index contributed by atoms with van der Waals surface area (Å²) in [6, 6.07) is 1.36. The van der Waals surface area contributed by atoms with Crippen molar-refractivity contribution in [2.45, 2.75) is 24.3 Å². The topological polar surface area (TPSA) is 91.6 Å². The lowest BCUT2D eigenvalue weighted by Gasteiger charge is -2.33. The Balaban J connectivity index is 2.30. The standard InChI is InChI=1S/C13H21N3O4S/c1-9-4-5-16(8-12(9)17)21(19,20)10-6-11(13(18)14-2)15(3)7-10/h6-7,9,12,17H,4-5,8H2,1-3H3,(H,14,18). The smallest absolute Gasteiger partial charge is 0.267 e. The van der Waals surface area contributed by atoms with Gasteiger partial charge in [0.25, 0.3) is 5.91 Å². The molecule has 0 aliphatic carbocycles. The molecule has 2 atom stereocenters. The molecule has 1 aliphatic heterocycles. The Hall–Kier alpha value is -1.38. The number of aliphatic hydroxyl groups is 1. The highest BCUT2D eigenvalue weighted by Gasteiger charge is 2.33. The van der Waals surface area contributed by atoms with E-state index in [1.807, 2.05) is 6.92 Å². The molecule has 21 heavy (non-hydrogen) atoms. The highest BCUT2D eigenvalue weighted by atomic mass is 32.2. The maximum atomic E-state index is 12.6. The Kier molecular flexibility index (Phi) is 4.40. The largest absolute Gasteiger partial charge is 0.391 e. The summed E-state index contributed by atoms with van der Waals surface area (Å²) < 4.78 is 27.9. The van der Waals surface area contributed by atoms with Gasteiger partial charge in [-0.3, -0.25) is 4.79 Å². The Morgan fingerprint density at radius 1 is 1.48 bits per heavy atom. The maximum Gasteiger partial charge on any atom is 0.267 e. The van der Waals surface area contributed by atoms with Crippen LogP contribution in [0.5, 0.6) is 0 Å². The number of sulfonamides is 1. The normalized spacial score (nSPS) is 24.0. The van der Waals surface area contributed by atoms with Crippen LogP contribution in [-0.4, -0.2) is 54.5 Å². The van der Waals surface area contributed by atoms with Crippen LogP contribution in [-0.2, 0) is 17.1 Å². The van der Waals surface area contributed by atoms with Crippen molar-refractivity contribution in [1.82, 2.24) is 14.2 Å². The molecule has 2 N–H and O–H groups in total. The number of β-amino-alcohol motifs (C(OH)–C–C–N with tert-alkyl or cyclic N) is 1. The first-order chi connectivity index (χ1) is 9.77. The lowest BCUT2D eigenvalue weighted by Crippen LogP contribution is -2.45. The maximum absolute atomic E-state index is 12.6. The van der Waals surface area contributed by atoms with Crippen LogP contribution in [0.25, 0.3) is 0 Å². The highest BCUT2D eigenvalue weighted by molar-refractivity contribution is 7.89. The van der Waals surface area contributed by atoms with Gasteiger partial charge in [-0.25, -0.2) is 8.42 Å². The predicted molar refractivity (Wildman–Crippen MR) is 77.3 cm³/mol. The molecule has 8 heteroatoms. The molecule has 1 amide bonds. The summed E-state index contributed by atoms with van der Waals surface area (Å²) in [7, 11) is -0.576. The molecule has 0 spiro atoms. The molecule has 1 saturated heterocycles. The SMILES string of the molecule is CNC(=O)c1cc(S(=O)(=O)N2CCC(C)C(O)C2)cn1C. The zero-order valence-corrected chi connectivity index (χ0v) is 13.2. The van der Waals surface area contributed by atoms with Crippen LogP contribution in [0, 0.1) is 5.92 Å². The second kappa shape index (κ2) is 5.78. The fourth-order valence-corrected chi connectivity index (χ4v) is 3.96.